The number of fused-ring (bicyclic) bond motifs is 3. The summed E-state index contributed by atoms with van der Waals surface area (Å²) in [5, 5.41) is 1.91. The summed E-state index contributed by atoms with van der Waals surface area (Å²) in [5.41, 5.74) is 0.665. The molecule has 7 heteroatoms. The van der Waals surface area contributed by atoms with Gasteiger partial charge in [0, 0.05) is 35.8 Å². The summed E-state index contributed by atoms with van der Waals surface area (Å²) in [4.78, 5) is 26.1. The molecule has 0 spiro atoms. The van der Waals surface area contributed by atoms with E-state index in [4.69, 9.17) is 4.74 Å². The second-order valence-corrected chi connectivity index (χ2v) is 8.91. The van der Waals surface area contributed by atoms with Gasteiger partial charge in [0.15, 0.2) is 0 Å². The Morgan fingerprint density at radius 1 is 1.11 bits per heavy atom. The van der Waals surface area contributed by atoms with Crippen molar-refractivity contribution in [1.82, 2.24) is 19.8 Å². The van der Waals surface area contributed by atoms with E-state index in [0.29, 0.717) is 17.5 Å². The molecule has 6 nitrogen and oxygen atoms in total. The molecule has 1 aliphatic carbocycles. The van der Waals surface area contributed by atoms with Crippen molar-refractivity contribution >= 4 is 37.5 Å². The van der Waals surface area contributed by atoms with Gasteiger partial charge in [-0.25, -0.2) is 9.97 Å². The van der Waals surface area contributed by atoms with Gasteiger partial charge in [0.2, 0.25) is 5.88 Å². The van der Waals surface area contributed by atoms with E-state index in [9.17, 15) is 4.79 Å². The highest BCUT2D eigenvalue weighted by Gasteiger charge is 2.25. The van der Waals surface area contributed by atoms with E-state index in [1.807, 2.05) is 18.2 Å². The Bertz CT molecular complexity index is 1010. The second-order valence-electron chi connectivity index (χ2n) is 7.88. The number of thiophene rings is 1. The lowest BCUT2D eigenvalue weighted by Gasteiger charge is -2.32. The molecule has 148 valence electrons. The molecule has 3 aromatic rings. The number of benzene rings is 1. The average Bonchev–Trinajstić information content (AvgIpc) is 3.06. The minimum atomic E-state index is -0.0115. The SMILES string of the molecule is CN(C)C(=O)c1ccc2sc3ncnc(OC4CCC(N(C)C)CC4)c3c2c1. The molecular weight excluding hydrogens is 372 g/mol. The Labute approximate surface area is 169 Å². The van der Waals surface area contributed by atoms with Gasteiger partial charge in [0.25, 0.3) is 5.91 Å². The molecule has 0 N–H and O–H groups in total. The van der Waals surface area contributed by atoms with Crippen LogP contribution in [0, 0.1) is 0 Å². The minimum Gasteiger partial charge on any atom is -0.474 e. The Morgan fingerprint density at radius 2 is 1.86 bits per heavy atom. The number of ether oxygens (including phenoxy) is 1. The molecule has 1 fully saturated rings. The smallest absolute Gasteiger partial charge is 0.253 e. The van der Waals surface area contributed by atoms with Crippen LogP contribution in [-0.2, 0) is 0 Å². The summed E-state index contributed by atoms with van der Waals surface area (Å²) in [6.45, 7) is 0. The number of amides is 1. The van der Waals surface area contributed by atoms with E-state index in [-0.39, 0.29) is 12.0 Å². The molecule has 0 radical (unpaired) electrons. The third kappa shape index (κ3) is 3.56. The quantitative estimate of drug-likeness (QED) is 0.669. The van der Waals surface area contributed by atoms with Gasteiger partial charge in [0.1, 0.15) is 17.3 Å². The van der Waals surface area contributed by atoms with Gasteiger partial charge in [-0.3, -0.25) is 4.79 Å². The first-order valence-electron chi connectivity index (χ1n) is 9.66. The predicted octanol–water partition coefficient (Wildman–Crippen LogP) is 3.80. The molecule has 0 atom stereocenters. The molecule has 1 saturated carbocycles. The molecule has 0 saturated heterocycles. The van der Waals surface area contributed by atoms with Crippen molar-refractivity contribution in [2.75, 3.05) is 28.2 Å². The van der Waals surface area contributed by atoms with Gasteiger partial charge >= 0.3 is 0 Å². The largest absolute Gasteiger partial charge is 0.474 e. The van der Waals surface area contributed by atoms with Crippen molar-refractivity contribution in [2.24, 2.45) is 0 Å². The second kappa shape index (κ2) is 7.64. The number of carbonyl (C=O) groups excluding carboxylic acids is 1. The highest BCUT2D eigenvalue weighted by molar-refractivity contribution is 7.25. The summed E-state index contributed by atoms with van der Waals surface area (Å²) < 4.78 is 7.44. The molecule has 2 heterocycles. The van der Waals surface area contributed by atoms with Gasteiger partial charge in [-0.2, -0.15) is 0 Å². The minimum absolute atomic E-state index is 0.0115. The highest BCUT2D eigenvalue weighted by Crippen LogP contribution is 2.38. The van der Waals surface area contributed by atoms with Crippen LogP contribution < -0.4 is 4.74 Å². The summed E-state index contributed by atoms with van der Waals surface area (Å²) >= 11 is 1.61. The molecule has 2 aromatic heterocycles. The maximum Gasteiger partial charge on any atom is 0.253 e. The number of nitrogens with zero attached hydrogens (tertiary/aromatic N) is 4. The van der Waals surface area contributed by atoms with E-state index in [1.165, 1.54) is 0 Å². The Kier molecular flexibility index (Phi) is 5.21. The van der Waals surface area contributed by atoms with Gasteiger partial charge in [-0.15, -0.1) is 11.3 Å². The molecule has 0 unspecified atom stereocenters. The fourth-order valence-corrected chi connectivity index (χ4v) is 4.91. The zero-order valence-corrected chi connectivity index (χ0v) is 17.6. The van der Waals surface area contributed by atoms with E-state index < -0.39 is 0 Å². The first-order chi connectivity index (χ1) is 13.4. The van der Waals surface area contributed by atoms with Gasteiger partial charge < -0.3 is 14.5 Å². The van der Waals surface area contributed by atoms with Crippen LogP contribution >= 0.6 is 11.3 Å². The molecule has 28 heavy (non-hydrogen) atoms. The summed E-state index contributed by atoms with van der Waals surface area (Å²) in [6, 6.07) is 6.43. The third-order valence-corrected chi connectivity index (χ3v) is 6.62. The molecule has 0 aliphatic heterocycles. The first kappa shape index (κ1) is 19.1. The molecule has 4 rings (SSSR count). The van der Waals surface area contributed by atoms with Crippen molar-refractivity contribution in [2.45, 2.75) is 37.8 Å². The van der Waals surface area contributed by atoms with Crippen LogP contribution in [0.2, 0.25) is 0 Å². The van der Waals surface area contributed by atoms with Crippen molar-refractivity contribution in [3.05, 3.63) is 30.1 Å². The number of hydrogen-bond acceptors (Lipinski definition) is 6. The summed E-state index contributed by atoms with van der Waals surface area (Å²) in [5.74, 6) is 0.626. The fraction of sp³-hybridized carbons (Fsp3) is 0.476. The van der Waals surface area contributed by atoms with Crippen molar-refractivity contribution < 1.29 is 9.53 Å². The van der Waals surface area contributed by atoms with Crippen LogP contribution in [0.5, 0.6) is 5.88 Å². The van der Waals surface area contributed by atoms with Gasteiger partial charge in [0.05, 0.1) is 5.39 Å². The maximum absolute atomic E-state index is 12.4. The fourth-order valence-electron chi connectivity index (χ4n) is 3.90. The monoisotopic (exact) mass is 398 g/mol. The molecular formula is C21H26N4O2S. The lowest BCUT2D eigenvalue weighted by atomic mass is 9.92. The van der Waals surface area contributed by atoms with Gasteiger partial charge in [-0.05, 0) is 58.0 Å². The predicted molar refractivity (Wildman–Crippen MR) is 113 cm³/mol. The first-order valence-corrected chi connectivity index (χ1v) is 10.5. The van der Waals surface area contributed by atoms with Gasteiger partial charge in [-0.1, -0.05) is 0 Å². The number of carbonyl (C=O) groups is 1. The molecule has 1 amide bonds. The summed E-state index contributed by atoms with van der Waals surface area (Å²) in [6.07, 6.45) is 6.08. The topological polar surface area (TPSA) is 58.6 Å². The van der Waals surface area contributed by atoms with Crippen LogP contribution in [0.25, 0.3) is 20.3 Å². The Morgan fingerprint density at radius 3 is 2.54 bits per heavy atom. The average molecular weight is 399 g/mol. The number of rotatable bonds is 4. The number of aromatic nitrogens is 2. The van der Waals surface area contributed by atoms with Crippen LogP contribution in [-0.4, -0.2) is 66.0 Å². The van der Waals surface area contributed by atoms with E-state index >= 15 is 0 Å². The number of hydrogen-bond donors (Lipinski definition) is 0. The lowest BCUT2D eigenvalue weighted by Crippen LogP contribution is -2.35. The molecule has 0 bridgehead atoms. The normalized spacial score (nSPS) is 20.0. The maximum atomic E-state index is 12.4. The van der Waals surface area contributed by atoms with Crippen molar-refractivity contribution in [1.29, 1.82) is 0 Å². The summed E-state index contributed by atoms with van der Waals surface area (Å²) in [7, 11) is 7.81. The zero-order valence-electron chi connectivity index (χ0n) is 16.8. The van der Waals surface area contributed by atoms with E-state index in [0.717, 1.165) is 46.0 Å². The Hall–Kier alpha value is -2.25. The van der Waals surface area contributed by atoms with Crippen LogP contribution in [0.1, 0.15) is 36.0 Å². The van der Waals surface area contributed by atoms with E-state index in [1.54, 1.807) is 36.7 Å². The van der Waals surface area contributed by atoms with Crippen molar-refractivity contribution in [3.8, 4) is 5.88 Å². The molecule has 1 aliphatic rings. The zero-order chi connectivity index (χ0) is 19.8. The third-order valence-electron chi connectivity index (χ3n) is 5.54. The Balaban J connectivity index is 1.68. The highest BCUT2D eigenvalue weighted by atomic mass is 32.1. The van der Waals surface area contributed by atoms with E-state index in [2.05, 4.69) is 29.0 Å². The van der Waals surface area contributed by atoms with Crippen molar-refractivity contribution in [3.63, 3.8) is 0 Å². The standard InChI is InChI=1S/C21H26N4O2S/c1-24(2)14-6-8-15(9-7-14)27-19-18-16-11-13(21(26)25(3)4)5-10-17(16)28-20(18)23-12-22-19/h5,10-12,14-15H,6-9H2,1-4H3. The van der Waals surface area contributed by atoms with Crippen LogP contribution in [0.3, 0.4) is 0 Å². The van der Waals surface area contributed by atoms with Crippen LogP contribution in [0.4, 0.5) is 0 Å². The lowest BCUT2D eigenvalue weighted by molar-refractivity contribution is 0.0827. The molecule has 1 aromatic carbocycles. The van der Waals surface area contributed by atoms with Crippen LogP contribution in [0.15, 0.2) is 24.5 Å².